The molecule has 1 saturated carbocycles. The number of hydrogen-bond donors (Lipinski definition) is 3. The largest absolute Gasteiger partial charge is 0.326 e. The number of carbonyl (C=O) groups is 1. The van der Waals surface area contributed by atoms with Crippen LogP contribution in [0.1, 0.15) is 29.9 Å². The lowest BCUT2D eigenvalue weighted by molar-refractivity contribution is 0.262. The topological polar surface area (TPSA) is 82.7 Å². The quantitative estimate of drug-likeness (QED) is 0.790. The van der Waals surface area contributed by atoms with Crippen LogP contribution in [0.15, 0.2) is 24.5 Å². The first kappa shape index (κ1) is 11.7. The summed E-state index contributed by atoms with van der Waals surface area (Å²) in [6.45, 7) is 1.95. The van der Waals surface area contributed by atoms with Gasteiger partial charge in [-0.05, 0) is 37.3 Å². The monoisotopic (exact) mass is 257 g/mol. The van der Waals surface area contributed by atoms with Crippen LogP contribution < -0.4 is 10.6 Å². The van der Waals surface area contributed by atoms with E-state index in [9.17, 15) is 4.79 Å². The van der Waals surface area contributed by atoms with Crippen molar-refractivity contribution < 1.29 is 4.79 Å². The Kier molecular flexibility index (Phi) is 2.91. The van der Waals surface area contributed by atoms with Crippen molar-refractivity contribution in [1.29, 1.82) is 0 Å². The Hall–Kier alpha value is -2.37. The predicted molar refractivity (Wildman–Crippen MR) is 72.2 cm³/mol. The maximum Gasteiger partial charge on any atom is 0.326 e. The number of amides is 2. The number of urea groups is 1. The van der Waals surface area contributed by atoms with Gasteiger partial charge in [-0.1, -0.05) is 6.07 Å². The van der Waals surface area contributed by atoms with Crippen LogP contribution in [0.5, 0.6) is 0 Å². The molecule has 1 fully saturated rings. The molecule has 6 heteroatoms. The van der Waals surface area contributed by atoms with Gasteiger partial charge in [-0.25, -0.2) is 9.78 Å². The molecule has 3 rings (SSSR count). The molecule has 1 aliphatic rings. The van der Waals surface area contributed by atoms with E-state index in [0.29, 0.717) is 17.6 Å². The second kappa shape index (κ2) is 4.72. The fraction of sp³-hybridized carbons (Fsp3) is 0.308. The summed E-state index contributed by atoms with van der Waals surface area (Å²) in [7, 11) is 0. The normalized spacial score (nSPS) is 14.2. The number of aryl methyl sites for hydroxylation is 1. The number of pyridine rings is 1. The molecule has 3 N–H and O–H groups in total. The number of nitrogens with zero attached hydrogens (tertiary/aromatic N) is 2. The first-order valence-electron chi connectivity index (χ1n) is 6.26. The van der Waals surface area contributed by atoms with Gasteiger partial charge in [-0.3, -0.25) is 15.7 Å². The Morgan fingerprint density at radius 2 is 2.16 bits per heavy atom. The third kappa shape index (κ3) is 2.73. The highest BCUT2D eigenvalue weighted by Crippen LogP contribution is 2.42. The lowest BCUT2D eigenvalue weighted by atomic mass is 10.2. The van der Waals surface area contributed by atoms with Gasteiger partial charge >= 0.3 is 6.03 Å². The molecule has 2 heterocycles. The fourth-order valence-electron chi connectivity index (χ4n) is 1.90. The molecule has 0 aromatic carbocycles. The molecule has 1 aliphatic carbocycles. The van der Waals surface area contributed by atoms with Gasteiger partial charge in [0.15, 0.2) is 0 Å². The van der Waals surface area contributed by atoms with Crippen molar-refractivity contribution >= 4 is 17.7 Å². The average molecular weight is 257 g/mol. The molecular weight excluding hydrogens is 242 g/mol. The van der Waals surface area contributed by atoms with Crippen molar-refractivity contribution in [3.63, 3.8) is 0 Å². The molecular formula is C13H15N5O. The summed E-state index contributed by atoms with van der Waals surface area (Å²) in [6.07, 6.45) is 5.81. The summed E-state index contributed by atoms with van der Waals surface area (Å²) in [5.41, 5.74) is 2.13. The summed E-state index contributed by atoms with van der Waals surface area (Å²) >= 11 is 0. The molecule has 2 aromatic heterocycles. The van der Waals surface area contributed by atoms with Gasteiger partial charge in [0.05, 0.1) is 6.20 Å². The van der Waals surface area contributed by atoms with E-state index in [4.69, 9.17) is 0 Å². The van der Waals surface area contributed by atoms with Gasteiger partial charge in [0.2, 0.25) is 0 Å². The van der Waals surface area contributed by atoms with Crippen LogP contribution >= 0.6 is 0 Å². The highest BCUT2D eigenvalue weighted by Gasteiger charge is 2.28. The highest BCUT2D eigenvalue weighted by atomic mass is 16.2. The first-order chi connectivity index (χ1) is 9.22. The Morgan fingerprint density at radius 3 is 2.84 bits per heavy atom. The third-order valence-electron chi connectivity index (χ3n) is 3.08. The lowest BCUT2D eigenvalue weighted by Gasteiger charge is -2.07. The average Bonchev–Trinajstić information content (AvgIpc) is 3.13. The van der Waals surface area contributed by atoms with Crippen LogP contribution in [0.2, 0.25) is 0 Å². The summed E-state index contributed by atoms with van der Waals surface area (Å²) in [4.78, 5) is 16.0. The summed E-state index contributed by atoms with van der Waals surface area (Å²) in [5, 5.41) is 12.2. The molecule has 0 unspecified atom stereocenters. The smallest absolute Gasteiger partial charge is 0.292 e. The number of H-pyrrole nitrogens is 1. The van der Waals surface area contributed by atoms with Crippen LogP contribution in [0, 0.1) is 6.92 Å². The Labute approximate surface area is 110 Å². The van der Waals surface area contributed by atoms with Crippen molar-refractivity contribution in [1.82, 2.24) is 15.2 Å². The molecule has 19 heavy (non-hydrogen) atoms. The highest BCUT2D eigenvalue weighted by molar-refractivity contribution is 5.99. The SMILES string of the molecule is Cc1ccc(NC(=O)Nc2[nH]ncc2C2CC2)nc1. The maximum atomic E-state index is 11.8. The van der Waals surface area contributed by atoms with Gasteiger partial charge in [0.25, 0.3) is 0 Å². The molecule has 0 bridgehead atoms. The Morgan fingerprint density at radius 1 is 1.32 bits per heavy atom. The molecule has 0 aliphatic heterocycles. The number of carbonyl (C=O) groups excluding carboxylic acids is 1. The zero-order chi connectivity index (χ0) is 13.2. The number of rotatable bonds is 3. The molecule has 6 nitrogen and oxygen atoms in total. The zero-order valence-corrected chi connectivity index (χ0v) is 10.6. The van der Waals surface area contributed by atoms with E-state index in [1.165, 1.54) is 0 Å². The number of anilines is 2. The number of hydrogen-bond acceptors (Lipinski definition) is 3. The molecule has 0 spiro atoms. The second-order valence-electron chi connectivity index (χ2n) is 4.77. The van der Waals surface area contributed by atoms with Crippen LogP contribution in [-0.4, -0.2) is 21.2 Å². The van der Waals surface area contributed by atoms with Crippen molar-refractivity contribution in [2.75, 3.05) is 10.6 Å². The van der Waals surface area contributed by atoms with E-state index in [0.717, 1.165) is 24.0 Å². The van der Waals surface area contributed by atoms with Gasteiger partial charge in [0, 0.05) is 11.8 Å². The predicted octanol–water partition coefficient (Wildman–Crippen LogP) is 2.63. The standard InChI is InChI=1S/C13H15N5O/c1-8-2-5-11(14-6-8)16-13(19)17-12-10(7-15-18-12)9-3-4-9/h2,5-7,9H,3-4H2,1H3,(H3,14,15,16,17,18,19). The molecule has 0 atom stereocenters. The van der Waals surface area contributed by atoms with E-state index in [1.807, 2.05) is 13.0 Å². The summed E-state index contributed by atoms with van der Waals surface area (Å²) < 4.78 is 0. The number of nitrogens with one attached hydrogen (secondary N) is 3. The van der Waals surface area contributed by atoms with Crippen LogP contribution in [-0.2, 0) is 0 Å². The van der Waals surface area contributed by atoms with E-state index < -0.39 is 0 Å². The first-order valence-corrected chi connectivity index (χ1v) is 6.26. The van der Waals surface area contributed by atoms with Crippen molar-refractivity contribution in [2.24, 2.45) is 0 Å². The van der Waals surface area contributed by atoms with E-state index in [2.05, 4.69) is 25.8 Å². The van der Waals surface area contributed by atoms with Gasteiger partial charge in [0.1, 0.15) is 11.6 Å². The number of aromatic nitrogens is 3. The van der Waals surface area contributed by atoms with E-state index in [1.54, 1.807) is 18.5 Å². The van der Waals surface area contributed by atoms with Crippen molar-refractivity contribution in [2.45, 2.75) is 25.7 Å². The fourth-order valence-corrected chi connectivity index (χ4v) is 1.90. The minimum Gasteiger partial charge on any atom is -0.292 e. The van der Waals surface area contributed by atoms with Crippen molar-refractivity contribution in [3.8, 4) is 0 Å². The minimum absolute atomic E-state index is 0.317. The Bertz CT molecular complexity index is 585. The van der Waals surface area contributed by atoms with Crippen molar-refractivity contribution in [3.05, 3.63) is 35.7 Å². The third-order valence-corrected chi connectivity index (χ3v) is 3.08. The van der Waals surface area contributed by atoms with Crippen LogP contribution in [0.3, 0.4) is 0 Å². The minimum atomic E-state index is -0.317. The maximum absolute atomic E-state index is 11.8. The lowest BCUT2D eigenvalue weighted by Crippen LogP contribution is -2.20. The molecule has 0 radical (unpaired) electrons. The molecule has 0 saturated heterocycles. The van der Waals surface area contributed by atoms with Gasteiger partial charge in [-0.15, -0.1) is 0 Å². The van der Waals surface area contributed by atoms with Crippen LogP contribution in [0.25, 0.3) is 0 Å². The number of aromatic amines is 1. The summed E-state index contributed by atoms with van der Waals surface area (Å²) in [5.74, 6) is 1.73. The molecule has 98 valence electrons. The molecule has 2 aromatic rings. The molecule has 2 amide bonds. The van der Waals surface area contributed by atoms with E-state index in [-0.39, 0.29) is 6.03 Å². The van der Waals surface area contributed by atoms with Crippen LogP contribution in [0.4, 0.5) is 16.4 Å². The Balaban J connectivity index is 1.64. The van der Waals surface area contributed by atoms with E-state index >= 15 is 0 Å². The van der Waals surface area contributed by atoms with Gasteiger partial charge in [-0.2, -0.15) is 5.10 Å². The van der Waals surface area contributed by atoms with Gasteiger partial charge < -0.3 is 0 Å². The summed E-state index contributed by atoms with van der Waals surface area (Å²) in [6, 6.07) is 3.35. The second-order valence-corrected chi connectivity index (χ2v) is 4.77. The zero-order valence-electron chi connectivity index (χ0n) is 10.6.